The summed E-state index contributed by atoms with van der Waals surface area (Å²) in [6.07, 6.45) is 1.26. The van der Waals surface area contributed by atoms with E-state index in [1.54, 1.807) is 0 Å². The third kappa shape index (κ3) is 5.51. The van der Waals surface area contributed by atoms with Gasteiger partial charge in [0, 0.05) is 30.6 Å². The van der Waals surface area contributed by atoms with Gasteiger partial charge < -0.3 is 10.1 Å². The maximum absolute atomic E-state index is 12.1. The number of nitrogens with zero attached hydrogens (tertiary/aromatic N) is 2. The average molecular weight is 380 g/mol. The highest BCUT2D eigenvalue weighted by molar-refractivity contribution is 7.13. The van der Waals surface area contributed by atoms with Crippen molar-refractivity contribution in [2.24, 2.45) is 0 Å². The molecule has 1 aromatic carbocycles. The van der Waals surface area contributed by atoms with Gasteiger partial charge in [-0.1, -0.05) is 29.8 Å². The first-order chi connectivity index (χ1) is 12.2. The van der Waals surface area contributed by atoms with Crippen molar-refractivity contribution in [1.29, 1.82) is 0 Å². The van der Waals surface area contributed by atoms with E-state index in [9.17, 15) is 4.79 Å². The molecule has 1 aliphatic heterocycles. The average Bonchev–Trinajstić information content (AvgIpc) is 3.08. The lowest BCUT2D eigenvalue weighted by atomic mass is 10.2. The zero-order chi connectivity index (χ0) is 17.5. The summed E-state index contributed by atoms with van der Waals surface area (Å²) < 4.78 is 5.33. The van der Waals surface area contributed by atoms with Crippen molar-refractivity contribution in [3.63, 3.8) is 0 Å². The van der Waals surface area contributed by atoms with Crippen LogP contribution in [-0.4, -0.2) is 55.2 Å². The summed E-state index contributed by atoms with van der Waals surface area (Å²) >= 11 is 7.71. The number of aromatic nitrogens is 1. The zero-order valence-corrected chi connectivity index (χ0v) is 15.6. The van der Waals surface area contributed by atoms with E-state index in [4.69, 9.17) is 16.3 Å². The molecule has 7 heteroatoms. The van der Waals surface area contributed by atoms with Gasteiger partial charge in [0.05, 0.1) is 30.4 Å². The van der Waals surface area contributed by atoms with Crippen LogP contribution in [0, 0.1) is 0 Å². The number of hydrogen-bond donors (Lipinski definition) is 1. The van der Waals surface area contributed by atoms with Gasteiger partial charge in [-0.05, 0) is 19.0 Å². The molecule has 0 bridgehead atoms. The van der Waals surface area contributed by atoms with Gasteiger partial charge in [-0.3, -0.25) is 9.69 Å². The minimum Gasteiger partial charge on any atom is -0.379 e. The standard InChI is InChI=1S/C18H22ClN3O2S/c19-16-5-2-1-4-15(16)18-21-14(13-25-18)12-17(23)20-6-3-7-22-8-10-24-11-9-22/h1-2,4-5,13H,3,6-12H2,(H,20,23). The fourth-order valence-corrected chi connectivity index (χ4v) is 3.87. The second kappa shape index (κ2) is 9.29. The fraction of sp³-hybridized carbons (Fsp3) is 0.444. The summed E-state index contributed by atoms with van der Waals surface area (Å²) in [5.74, 6) is 0.0120. The molecule has 1 aromatic heterocycles. The number of halogens is 1. The molecule has 1 fully saturated rings. The molecule has 25 heavy (non-hydrogen) atoms. The molecule has 2 aromatic rings. The van der Waals surface area contributed by atoms with Crippen LogP contribution in [0.25, 0.3) is 10.6 Å². The highest BCUT2D eigenvalue weighted by Crippen LogP contribution is 2.30. The Labute approximate surface area is 157 Å². The van der Waals surface area contributed by atoms with Gasteiger partial charge in [-0.25, -0.2) is 4.98 Å². The molecule has 0 atom stereocenters. The summed E-state index contributed by atoms with van der Waals surface area (Å²) in [6.45, 7) is 5.28. The van der Waals surface area contributed by atoms with Crippen molar-refractivity contribution >= 4 is 28.8 Å². The van der Waals surface area contributed by atoms with E-state index >= 15 is 0 Å². The summed E-state index contributed by atoms with van der Waals surface area (Å²) in [7, 11) is 0. The number of carbonyl (C=O) groups is 1. The second-order valence-corrected chi connectivity index (χ2v) is 7.22. The van der Waals surface area contributed by atoms with Crippen molar-refractivity contribution in [1.82, 2.24) is 15.2 Å². The highest BCUT2D eigenvalue weighted by atomic mass is 35.5. The number of ether oxygens (including phenoxy) is 1. The SMILES string of the molecule is O=C(Cc1csc(-c2ccccc2Cl)n1)NCCCN1CCOCC1. The fourth-order valence-electron chi connectivity index (χ4n) is 2.73. The van der Waals surface area contributed by atoms with E-state index in [0.717, 1.165) is 55.5 Å². The van der Waals surface area contributed by atoms with Gasteiger partial charge in [0.1, 0.15) is 5.01 Å². The number of morpholine rings is 1. The molecule has 0 unspecified atom stereocenters. The minimum atomic E-state index is 0.0120. The molecule has 134 valence electrons. The summed E-state index contributed by atoms with van der Waals surface area (Å²) in [6, 6.07) is 7.62. The van der Waals surface area contributed by atoms with E-state index in [2.05, 4.69) is 15.2 Å². The number of nitrogens with one attached hydrogen (secondary N) is 1. The van der Waals surface area contributed by atoms with E-state index in [1.807, 2.05) is 29.6 Å². The molecule has 5 nitrogen and oxygen atoms in total. The van der Waals surface area contributed by atoms with Crippen LogP contribution in [-0.2, 0) is 16.0 Å². The van der Waals surface area contributed by atoms with Crippen LogP contribution in [0.5, 0.6) is 0 Å². The first kappa shape index (κ1) is 18.3. The predicted octanol–water partition coefficient (Wildman–Crippen LogP) is 2.84. The predicted molar refractivity (Wildman–Crippen MR) is 101 cm³/mol. The Morgan fingerprint density at radius 3 is 2.92 bits per heavy atom. The molecule has 1 amide bonds. The van der Waals surface area contributed by atoms with Gasteiger partial charge in [-0.2, -0.15) is 0 Å². The molecule has 1 N–H and O–H groups in total. The third-order valence-corrected chi connectivity index (χ3v) is 5.33. The Morgan fingerprint density at radius 1 is 1.32 bits per heavy atom. The zero-order valence-electron chi connectivity index (χ0n) is 14.0. The van der Waals surface area contributed by atoms with Crippen molar-refractivity contribution in [2.75, 3.05) is 39.4 Å². The summed E-state index contributed by atoms with van der Waals surface area (Å²) in [4.78, 5) is 19.0. The second-order valence-electron chi connectivity index (χ2n) is 5.96. The number of rotatable bonds is 7. The van der Waals surface area contributed by atoms with Crippen LogP contribution in [0.1, 0.15) is 12.1 Å². The topological polar surface area (TPSA) is 54.5 Å². The van der Waals surface area contributed by atoms with Gasteiger partial charge in [0.25, 0.3) is 0 Å². The molecule has 3 rings (SSSR count). The number of thiazole rings is 1. The number of hydrogen-bond acceptors (Lipinski definition) is 5. The Bertz CT molecular complexity index is 701. The van der Waals surface area contributed by atoms with Crippen LogP contribution in [0.2, 0.25) is 5.02 Å². The van der Waals surface area contributed by atoms with E-state index in [0.29, 0.717) is 18.0 Å². The molecule has 0 spiro atoms. The van der Waals surface area contributed by atoms with Crippen LogP contribution in [0.4, 0.5) is 0 Å². The summed E-state index contributed by atoms with van der Waals surface area (Å²) in [5.41, 5.74) is 1.69. The Balaban J connectivity index is 1.42. The molecule has 1 aliphatic rings. The van der Waals surface area contributed by atoms with Crippen molar-refractivity contribution in [2.45, 2.75) is 12.8 Å². The first-order valence-electron chi connectivity index (χ1n) is 8.48. The Morgan fingerprint density at radius 2 is 2.12 bits per heavy atom. The lowest BCUT2D eigenvalue weighted by Gasteiger charge is -2.26. The first-order valence-corrected chi connectivity index (χ1v) is 9.74. The van der Waals surface area contributed by atoms with Crippen LogP contribution >= 0.6 is 22.9 Å². The lowest BCUT2D eigenvalue weighted by Crippen LogP contribution is -2.38. The maximum atomic E-state index is 12.1. The largest absolute Gasteiger partial charge is 0.379 e. The lowest BCUT2D eigenvalue weighted by molar-refractivity contribution is -0.120. The molecule has 2 heterocycles. The third-order valence-electron chi connectivity index (χ3n) is 4.07. The monoisotopic (exact) mass is 379 g/mol. The van der Waals surface area contributed by atoms with Gasteiger partial charge in [0.2, 0.25) is 5.91 Å². The highest BCUT2D eigenvalue weighted by Gasteiger charge is 2.12. The van der Waals surface area contributed by atoms with E-state index in [1.165, 1.54) is 11.3 Å². The van der Waals surface area contributed by atoms with Gasteiger partial charge in [-0.15, -0.1) is 11.3 Å². The smallest absolute Gasteiger partial charge is 0.226 e. The molecule has 0 radical (unpaired) electrons. The molecular formula is C18H22ClN3O2S. The molecule has 0 aliphatic carbocycles. The van der Waals surface area contributed by atoms with E-state index < -0.39 is 0 Å². The number of carbonyl (C=O) groups excluding carboxylic acids is 1. The van der Waals surface area contributed by atoms with Crippen LogP contribution in [0.15, 0.2) is 29.6 Å². The quantitative estimate of drug-likeness (QED) is 0.751. The Hall–Kier alpha value is -1.47. The van der Waals surface area contributed by atoms with Crippen LogP contribution in [0.3, 0.4) is 0 Å². The molecular weight excluding hydrogens is 358 g/mol. The van der Waals surface area contributed by atoms with Crippen molar-refractivity contribution in [3.8, 4) is 10.6 Å². The maximum Gasteiger partial charge on any atom is 0.226 e. The Kier molecular flexibility index (Phi) is 6.81. The minimum absolute atomic E-state index is 0.0120. The number of amides is 1. The molecule has 0 saturated carbocycles. The van der Waals surface area contributed by atoms with E-state index in [-0.39, 0.29) is 5.91 Å². The summed E-state index contributed by atoms with van der Waals surface area (Å²) in [5, 5.41) is 6.42. The van der Waals surface area contributed by atoms with Crippen molar-refractivity contribution < 1.29 is 9.53 Å². The van der Waals surface area contributed by atoms with Crippen LogP contribution < -0.4 is 5.32 Å². The van der Waals surface area contributed by atoms with Gasteiger partial charge >= 0.3 is 0 Å². The van der Waals surface area contributed by atoms with Gasteiger partial charge in [0.15, 0.2) is 0 Å². The van der Waals surface area contributed by atoms with Crippen molar-refractivity contribution in [3.05, 3.63) is 40.4 Å². The number of benzene rings is 1. The molecule has 1 saturated heterocycles. The normalized spacial score (nSPS) is 15.2.